The van der Waals surface area contributed by atoms with E-state index in [1.807, 2.05) is 4.90 Å². The monoisotopic (exact) mass is 320 g/mol. The summed E-state index contributed by atoms with van der Waals surface area (Å²) in [5, 5.41) is 11.2. The van der Waals surface area contributed by atoms with Crippen molar-refractivity contribution < 1.29 is 9.90 Å². The van der Waals surface area contributed by atoms with E-state index in [9.17, 15) is 9.90 Å². The zero-order valence-corrected chi connectivity index (χ0v) is 13.7. The number of hydrogen-bond donors (Lipinski definition) is 2. The van der Waals surface area contributed by atoms with Gasteiger partial charge in [0.25, 0.3) is 5.91 Å². The SMILES string of the molecule is Cc1ccc2[nH]c3c(c2c1)CCN(C(=O)c1ccccc1O)CC3. The van der Waals surface area contributed by atoms with Gasteiger partial charge < -0.3 is 15.0 Å². The number of benzene rings is 2. The molecule has 0 unspecified atom stereocenters. The molecule has 1 aliphatic rings. The number of aromatic amines is 1. The molecule has 0 saturated heterocycles. The summed E-state index contributed by atoms with van der Waals surface area (Å²) in [7, 11) is 0. The number of phenolic OH excluding ortho intramolecular Hbond substituents is 1. The van der Waals surface area contributed by atoms with E-state index in [-0.39, 0.29) is 11.7 Å². The Balaban J connectivity index is 1.62. The molecule has 4 heteroatoms. The van der Waals surface area contributed by atoms with Crippen molar-refractivity contribution in [3.05, 3.63) is 64.8 Å². The number of hydrogen-bond acceptors (Lipinski definition) is 2. The predicted molar refractivity (Wildman–Crippen MR) is 94.5 cm³/mol. The zero-order valence-electron chi connectivity index (χ0n) is 13.7. The van der Waals surface area contributed by atoms with Gasteiger partial charge in [-0.25, -0.2) is 0 Å². The van der Waals surface area contributed by atoms with E-state index in [1.165, 1.54) is 27.7 Å². The molecule has 4 rings (SSSR count). The lowest BCUT2D eigenvalue weighted by molar-refractivity contribution is 0.0760. The van der Waals surface area contributed by atoms with E-state index in [1.54, 1.807) is 24.3 Å². The number of nitrogens with zero attached hydrogens (tertiary/aromatic N) is 1. The zero-order chi connectivity index (χ0) is 16.7. The first-order valence-corrected chi connectivity index (χ1v) is 8.31. The van der Waals surface area contributed by atoms with Crippen molar-refractivity contribution in [1.82, 2.24) is 9.88 Å². The van der Waals surface area contributed by atoms with Gasteiger partial charge in [0.2, 0.25) is 0 Å². The topological polar surface area (TPSA) is 56.3 Å². The first kappa shape index (κ1) is 14.8. The van der Waals surface area contributed by atoms with Gasteiger partial charge >= 0.3 is 0 Å². The second kappa shape index (κ2) is 5.71. The van der Waals surface area contributed by atoms with Crippen molar-refractivity contribution in [3.8, 4) is 5.75 Å². The van der Waals surface area contributed by atoms with E-state index in [0.717, 1.165) is 12.8 Å². The minimum Gasteiger partial charge on any atom is -0.507 e. The number of fused-ring (bicyclic) bond motifs is 3. The van der Waals surface area contributed by atoms with Crippen LogP contribution >= 0.6 is 0 Å². The standard InChI is InChI=1S/C20H20N2O2/c1-13-6-7-17-16(12-13)14-8-10-22(11-9-18(14)21-17)20(24)15-4-2-3-5-19(15)23/h2-7,12,21,23H,8-11H2,1H3. The van der Waals surface area contributed by atoms with Crippen molar-refractivity contribution in [2.45, 2.75) is 19.8 Å². The second-order valence-electron chi connectivity index (χ2n) is 6.44. The van der Waals surface area contributed by atoms with Gasteiger partial charge in [0.05, 0.1) is 5.56 Å². The van der Waals surface area contributed by atoms with Crippen LogP contribution in [0.3, 0.4) is 0 Å². The van der Waals surface area contributed by atoms with Gasteiger partial charge in [-0.15, -0.1) is 0 Å². The molecule has 1 amide bonds. The fourth-order valence-electron chi connectivity index (χ4n) is 3.55. The van der Waals surface area contributed by atoms with Crippen LogP contribution in [0, 0.1) is 6.92 Å². The Labute approximate surface area is 140 Å². The van der Waals surface area contributed by atoms with E-state index >= 15 is 0 Å². The number of aromatic nitrogens is 1. The van der Waals surface area contributed by atoms with E-state index in [0.29, 0.717) is 18.7 Å². The highest BCUT2D eigenvalue weighted by molar-refractivity contribution is 5.97. The van der Waals surface area contributed by atoms with Crippen LogP contribution in [0.4, 0.5) is 0 Å². The van der Waals surface area contributed by atoms with Crippen LogP contribution in [0.15, 0.2) is 42.5 Å². The molecular formula is C20H20N2O2. The third-order valence-electron chi connectivity index (χ3n) is 4.84. The van der Waals surface area contributed by atoms with Crippen LogP contribution in [0.25, 0.3) is 10.9 Å². The Morgan fingerprint density at radius 2 is 1.92 bits per heavy atom. The maximum atomic E-state index is 12.7. The average Bonchev–Trinajstić information content (AvgIpc) is 2.78. The first-order chi connectivity index (χ1) is 11.6. The summed E-state index contributed by atoms with van der Waals surface area (Å²) in [6.07, 6.45) is 1.64. The molecule has 4 nitrogen and oxygen atoms in total. The Kier molecular flexibility index (Phi) is 3.53. The number of H-pyrrole nitrogens is 1. The maximum absolute atomic E-state index is 12.7. The molecule has 0 bridgehead atoms. The number of phenols is 1. The largest absolute Gasteiger partial charge is 0.507 e. The summed E-state index contributed by atoms with van der Waals surface area (Å²) in [6, 6.07) is 13.2. The molecule has 0 spiro atoms. The summed E-state index contributed by atoms with van der Waals surface area (Å²) >= 11 is 0. The van der Waals surface area contributed by atoms with Gasteiger partial charge in [-0.05, 0) is 43.2 Å². The van der Waals surface area contributed by atoms with Crippen LogP contribution in [-0.2, 0) is 12.8 Å². The summed E-state index contributed by atoms with van der Waals surface area (Å²) in [6.45, 7) is 3.43. The van der Waals surface area contributed by atoms with Crippen LogP contribution in [-0.4, -0.2) is 34.0 Å². The number of carbonyl (C=O) groups excluding carboxylic acids is 1. The summed E-state index contributed by atoms with van der Waals surface area (Å²) in [4.78, 5) is 18.1. The molecule has 0 atom stereocenters. The Morgan fingerprint density at radius 1 is 1.12 bits per heavy atom. The van der Waals surface area contributed by atoms with Crippen molar-refractivity contribution in [1.29, 1.82) is 0 Å². The van der Waals surface area contributed by atoms with Gasteiger partial charge in [0.1, 0.15) is 5.75 Å². The number of nitrogens with one attached hydrogen (secondary N) is 1. The molecule has 2 N–H and O–H groups in total. The van der Waals surface area contributed by atoms with Gasteiger partial charge in [-0.2, -0.15) is 0 Å². The van der Waals surface area contributed by atoms with Crippen molar-refractivity contribution in [3.63, 3.8) is 0 Å². The van der Waals surface area contributed by atoms with E-state index < -0.39 is 0 Å². The molecule has 1 aliphatic heterocycles. The third-order valence-corrected chi connectivity index (χ3v) is 4.84. The summed E-state index contributed by atoms with van der Waals surface area (Å²) in [5.41, 5.74) is 5.34. The van der Waals surface area contributed by atoms with Crippen LogP contribution < -0.4 is 0 Å². The van der Waals surface area contributed by atoms with Gasteiger partial charge in [0.15, 0.2) is 0 Å². The molecule has 24 heavy (non-hydrogen) atoms. The van der Waals surface area contributed by atoms with Crippen molar-refractivity contribution in [2.75, 3.05) is 13.1 Å². The molecule has 1 aromatic heterocycles. The smallest absolute Gasteiger partial charge is 0.257 e. The normalized spacial score (nSPS) is 14.5. The fourth-order valence-corrected chi connectivity index (χ4v) is 3.55. The minimum atomic E-state index is -0.0984. The number of aromatic hydroxyl groups is 1. The lowest BCUT2D eigenvalue weighted by Crippen LogP contribution is -2.33. The third kappa shape index (κ3) is 2.44. The molecule has 0 saturated carbocycles. The lowest BCUT2D eigenvalue weighted by Gasteiger charge is -2.20. The predicted octanol–water partition coefficient (Wildman–Crippen LogP) is 3.42. The highest BCUT2D eigenvalue weighted by Gasteiger charge is 2.23. The quantitative estimate of drug-likeness (QED) is 0.722. The molecule has 2 aromatic carbocycles. The molecule has 122 valence electrons. The summed E-state index contributed by atoms with van der Waals surface area (Å²) in [5.74, 6) is -0.0509. The molecule has 0 fully saturated rings. The maximum Gasteiger partial charge on any atom is 0.257 e. The minimum absolute atomic E-state index is 0.0475. The van der Waals surface area contributed by atoms with Crippen molar-refractivity contribution >= 4 is 16.8 Å². The number of aryl methyl sites for hydroxylation is 1. The van der Waals surface area contributed by atoms with Gasteiger partial charge in [-0.3, -0.25) is 4.79 Å². The molecular weight excluding hydrogens is 300 g/mol. The first-order valence-electron chi connectivity index (χ1n) is 8.31. The Bertz CT molecular complexity index is 927. The van der Waals surface area contributed by atoms with Crippen LogP contribution in [0.5, 0.6) is 5.75 Å². The number of amides is 1. The second-order valence-corrected chi connectivity index (χ2v) is 6.44. The van der Waals surface area contributed by atoms with E-state index in [4.69, 9.17) is 0 Å². The van der Waals surface area contributed by atoms with E-state index in [2.05, 4.69) is 30.1 Å². The Morgan fingerprint density at radius 3 is 2.75 bits per heavy atom. The van der Waals surface area contributed by atoms with Crippen LogP contribution in [0.2, 0.25) is 0 Å². The summed E-state index contributed by atoms with van der Waals surface area (Å²) < 4.78 is 0. The number of rotatable bonds is 1. The highest BCUT2D eigenvalue weighted by Crippen LogP contribution is 2.27. The average molecular weight is 320 g/mol. The Hall–Kier alpha value is -2.75. The molecule has 2 heterocycles. The number of carbonyl (C=O) groups is 1. The van der Waals surface area contributed by atoms with Crippen LogP contribution in [0.1, 0.15) is 27.2 Å². The van der Waals surface area contributed by atoms with Gasteiger partial charge in [-0.1, -0.05) is 23.8 Å². The fraction of sp³-hybridized carbons (Fsp3) is 0.250. The molecule has 3 aromatic rings. The highest BCUT2D eigenvalue weighted by atomic mass is 16.3. The number of para-hydroxylation sites is 1. The molecule has 0 radical (unpaired) electrons. The van der Waals surface area contributed by atoms with Crippen molar-refractivity contribution in [2.24, 2.45) is 0 Å². The lowest BCUT2D eigenvalue weighted by atomic mass is 10.1. The van der Waals surface area contributed by atoms with Gasteiger partial charge in [0, 0.05) is 36.1 Å². The molecule has 0 aliphatic carbocycles.